The van der Waals surface area contributed by atoms with Crippen LogP contribution in [0.25, 0.3) is 0 Å². The van der Waals surface area contributed by atoms with Crippen LogP contribution in [0.4, 0.5) is 0 Å². The summed E-state index contributed by atoms with van der Waals surface area (Å²) >= 11 is 0. The van der Waals surface area contributed by atoms with Gasteiger partial charge in [-0.3, -0.25) is 9.48 Å². The van der Waals surface area contributed by atoms with Crippen molar-refractivity contribution in [1.82, 2.24) is 15.1 Å². The number of ketones is 1. The Hall–Kier alpha value is -1.42. The van der Waals surface area contributed by atoms with Crippen molar-refractivity contribution in [2.24, 2.45) is 7.05 Å². The van der Waals surface area contributed by atoms with E-state index in [0.29, 0.717) is 19.5 Å². The second-order valence-corrected chi connectivity index (χ2v) is 3.16. The van der Waals surface area contributed by atoms with E-state index >= 15 is 0 Å². The van der Waals surface area contributed by atoms with Crippen LogP contribution in [0.3, 0.4) is 0 Å². The summed E-state index contributed by atoms with van der Waals surface area (Å²) in [5.74, 6) is 0.167. The molecule has 1 N–H and O–H groups in total. The molecule has 0 bridgehead atoms. The third-order valence-electron chi connectivity index (χ3n) is 1.77. The van der Waals surface area contributed by atoms with Crippen molar-refractivity contribution in [2.45, 2.75) is 6.42 Å². The number of hydrogen-bond donors (Lipinski definition) is 1. The summed E-state index contributed by atoms with van der Waals surface area (Å²) in [6, 6.07) is 0. The van der Waals surface area contributed by atoms with Crippen LogP contribution >= 0.6 is 0 Å². The molecule has 4 heteroatoms. The van der Waals surface area contributed by atoms with Gasteiger partial charge in [-0.05, 0) is 5.56 Å². The van der Waals surface area contributed by atoms with E-state index in [9.17, 15) is 4.79 Å². The van der Waals surface area contributed by atoms with Crippen LogP contribution in [0.5, 0.6) is 0 Å². The lowest BCUT2D eigenvalue weighted by atomic mass is 10.2. The summed E-state index contributed by atoms with van der Waals surface area (Å²) in [6.45, 7) is 4.61. The van der Waals surface area contributed by atoms with Gasteiger partial charge in [0.25, 0.3) is 0 Å². The first-order valence-corrected chi connectivity index (χ1v) is 4.53. The highest BCUT2D eigenvalue weighted by molar-refractivity contribution is 5.82. The Morgan fingerprint density at radius 2 is 2.57 bits per heavy atom. The maximum absolute atomic E-state index is 11.4. The van der Waals surface area contributed by atoms with Gasteiger partial charge in [0.05, 0.1) is 12.7 Å². The molecule has 0 aliphatic heterocycles. The highest BCUT2D eigenvalue weighted by Gasteiger charge is 2.03. The molecule has 76 valence electrons. The number of aryl methyl sites for hydroxylation is 1. The lowest BCUT2D eigenvalue weighted by Gasteiger charge is -1.99. The van der Waals surface area contributed by atoms with Crippen LogP contribution in [-0.2, 0) is 18.3 Å². The van der Waals surface area contributed by atoms with E-state index in [4.69, 9.17) is 0 Å². The minimum Gasteiger partial charge on any atom is -0.307 e. The molecule has 0 aliphatic carbocycles. The van der Waals surface area contributed by atoms with Crippen molar-refractivity contribution < 1.29 is 4.79 Å². The van der Waals surface area contributed by atoms with E-state index in [2.05, 4.69) is 17.0 Å². The highest BCUT2D eigenvalue weighted by Crippen LogP contribution is 1.97. The molecule has 0 amide bonds. The molecule has 0 fully saturated rings. The molecule has 14 heavy (non-hydrogen) atoms. The van der Waals surface area contributed by atoms with Crippen molar-refractivity contribution in [3.05, 3.63) is 30.6 Å². The van der Waals surface area contributed by atoms with E-state index in [0.717, 1.165) is 5.56 Å². The molecular formula is C10H15N3O. The Labute approximate surface area is 83.6 Å². The summed E-state index contributed by atoms with van der Waals surface area (Å²) in [5, 5.41) is 6.96. The average molecular weight is 193 g/mol. The number of Topliss-reactive ketones (excluding diaryl/α,β-unsaturated/α-hetero) is 1. The number of carbonyl (C=O) groups is 1. The molecule has 0 unspecified atom stereocenters. The van der Waals surface area contributed by atoms with Gasteiger partial charge in [0.15, 0.2) is 5.78 Å². The van der Waals surface area contributed by atoms with Crippen molar-refractivity contribution >= 4 is 5.78 Å². The number of nitrogens with one attached hydrogen (secondary N) is 1. The van der Waals surface area contributed by atoms with Crippen molar-refractivity contribution in [3.8, 4) is 0 Å². The standard InChI is InChI=1S/C10H15N3O/c1-3-4-11-7-10(14)5-9-6-12-13(2)8-9/h3,6,8,11H,1,4-5,7H2,2H3. The molecule has 0 saturated carbocycles. The van der Waals surface area contributed by atoms with E-state index in [1.807, 2.05) is 13.2 Å². The third kappa shape index (κ3) is 3.53. The quantitative estimate of drug-likeness (QED) is 0.522. The number of carbonyl (C=O) groups excluding carboxylic acids is 1. The normalized spacial score (nSPS) is 10.1. The van der Waals surface area contributed by atoms with Crippen molar-refractivity contribution in [1.29, 1.82) is 0 Å². The van der Waals surface area contributed by atoms with Gasteiger partial charge in [0, 0.05) is 26.2 Å². The van der Waals surface area contributed by atoms with E-state index in [1.165, 1.54) is 0 Å². The summed E-state index contributed by atoms with van der Waals surface area (Å²) in [5.41, 5.74) is 0.956. The van der Waals surface area contributed by atoms with Gasteiger partial charge in [-0.15, -0.1) is 6.58 Å². The van der Waals surface area contributed by atoms with Gasteiger partial charge in [-0.2, -0.15) is 5.10 Å². The lowest BCUT2D eigenvalue weighted by Crippen LogP contribution is -2.24. The minimum absolute atomic E-state index is 0.167. The lowest BCUT2D eigenvalue weighted by molar-refractivity contribution is -0.117. The molecule has 1 heterocycles. The Morgan fingerprint density at radius 1 is 1.79 bits per heavy atom. The second kappa shape index (κ2) is 5.34. The van der Waals surface area contributed by atoms with Gasteiger partial charge in [0.2, 0.25) is 0 Å². The summed E-state index contributed by atoms with van der Waals surface area (Å²) in [4.78, 5) is 11.4. The molecule has 0 saturated heterocycles. The summed E-state index contributed by atoms with van der Waals surface area (Å²) in [6.07, 6.45) is 5.74. The van der Waals surface area contributed by atoms with Crippen LogP contribution in [0, 0.1) is 0 Å². The van der Waals surface area contributed by atoms with Crippen LogP contribution in [0.15, 0.2) is 25.0 Å². The van der Waals surface area contributed by atoms with E-state index < -0.39 is 0 Å². The second-order valence-electron chi connectivity index (χ2n) is 3.16. The molecule has 0 radical (unpaired) electrons. The van der Waals surface area contributed by atoms with Crippen molar-refractivity contribution in [3.63, 3.8) is 0 Å². The zero-order valence-corrected chi connectivity index (χ0v) is 8.36. The molecule has 0 atom stereocenters. The largest absolute Gasteiger partial charge is 0.307 e. The maximum Gasteiger partial charge on any atom is 0.151 e. The molecular weight excluding hydrogens is 178 g/mol. The molecule has 0 aliphatic rings. The Kier molecular flexibility index (Phi) is 4.07. The van der Waals surface area contributed by atoms with Gasteiger partial charge in [-0.25, -0.2) is 0 Å². The van der Waals surface area contributed by atoms with Crippen LogP contribution in [0.2, 0.25) is 0 Å². The number of rotatable bonds is 6. The predicted molar refractivity (Wildman–Crippen MR) is 55.0 cm³/mol. The molecule has 0 aromatic carbocycles. The fraction of sp³-hybridized carbons (Fsp3) is 0.400. The zero-order valence-electron chi connectivity index (χ0n) is 8.36. The first-order chi connectivity index (χ1) is 6.72. The zero-order chi connectivity index (χ0) is 10.4. The van der Waals surface area contributed by atoms with Gasteiger partial charge in [-0.1, -0.05) is 6.08 Å². The van der Waals surface area contributed by atoms with Gasteiger partial charge in [0.1, 0.15) is 0 Å². The number of hydrogen-bond acceptors (Lipinski definition) is 3. The number of aromatic nitrogens is 2. The summed E-state index contributed by atoms with van der Waals surface area (Å²) in [7, 11) is 1.84. The third-order valence-corrected chi connectivity index (χ3v) is 1.77. The smallest absolute Gasteiger partial charge is 0.151 e. The first kappa shape index (κ1) is 10.7. The highest BCUT2D eigenvalue weighted by atomic mass is 16.1. The first-order valence-electron chi connectivity index (χ1n) is 4.53. The van der Waals surface area contributed by atoms with Crippen molar-refractivity contribution in [2.75, 3.05) is 13.1 Å². The Balaban J connectivity index is 2.30. The summed E-state index contributed by atoms with van der Waals surface area (Å²) < 4.78 is 1.69. The Bertz CT molecular complexity index is 317. The van der Waals surface area contributed by atoms with Crippen LogP contribution in [-0.4, -0.2) is 28.7 Å². The monoisotopic (exact) mass is 193 g/mol. The van der Waals surface area contributed by atoms with Crippen LogP contribution in [0.1, 0.15) is 5.56 Å². The molecule has 1 aromatic rings. The SMILES string of the molecule is C=CCNCC(=O)Cc1cnn(C)c1. The molecule has 0 spiro atoms. The van der Waals surface area contributed by atoms with E-state index in [1.54, 1.807) is 17.0 Å². The van der Waals surface area contributed by atoms with E-state index in [-0.39, 0.29) is 5.78 Å². The molecule has 4 nitrogen and oxygen atoms in total. The topological polar surface area (TPSA) is 46.9 Å². The minimum atomic E-state index is 0.167. The van der Waals surface area contributed by atoms with Gasteiger partial charge >= 0.3 is 0 Å². The molecule has 1 aromatic heterocycles. The van der Waals surface area contributed by atoms with Gasteiger partial charge < -0.3 is 5.32 Å². The Morgan fingerprint density at radius 3 is 3.14 bits per heavy atom. The average Bonchev–Trinajstić information content (AvgIpc) is 2.52. The fourth-order valence-corrected chi connectivity index (χ4v) is 1.17. The predicted octanol–water partition coefficient (Wildman–Crippen LogP) is 0.307. The molecule has 1 rings (SSSR count). The number of nitrogens with zero attached hydrogens (tertiary/aromatic N) is 2. The maximum atomic E-state index is 11.4. The fourth-order valence-electron chi connectivity index (χ4n) is 1.17. The van der Waals surface area contributed by atoms with Crippen LogP contribution < -0.4 is 5.32 Å².